The standard InChI is InChI=1S/C34H34O3/c1-33(2)17-18-34(3,4)31-29(33)20-26(21-30(31)37-5)28-19-25(22-11-13-24(14-12-22)32(35)36)15-16-27(28)23-9-7-6-8-10-23/h6-16,19-21H,17-18H2,1-5H3,(H,35,36). The molecular formula is C34H34O3. The van der Waals surface area contributed by atoms with Crippen LogP contribution in [0.15, 0.2) is 84.9 Å². The number of methoxy groups -OCH3 is 1. The second-order valence-electron chi connectivity index (χ2n) is 11.4. The molecule has 0 aromatic heterocycles. The molecule has 4 aromatic carbocycles. The summed E-state index contributed by atoms with van der Waals surface area (Å²) in [5.74, 6) is 0.0267. The minimum absolute atomic E-state index is 0.0464. The molecule has 0 aliphatic heterocycles. The van der Waals surface area contributed by atoms with E-state index in [1.54, 1.807) is 19.2 Å². The van der Waals surface area contributed by atoms with Crippen molar-refractivity contribution in [2.75, 3.05) is 7.11 Å². The van der Waals surface area contributed by atoms with Crippen LogP contribution < -0.4 is 4.74 Å². The van der Waals surface area contributed by atoms with E-state index in [-0.39, 0.29) is 16.4 Å². The third kappa shape index (κ3) is 4.55. The van der Waals surface area contributed by atoms with Gasteiger partial charge in [-0.05, 0) is 86.9 Å². The lowest BCUT2D eigenvalue weighted by atomic mass is 9.62. The average molecular weight is 491 g/mol. The number of carbonyl (C=O) groups is 1. The molecule has 0 saturated carbocycles. The van der Waals surface area contributed by atoms with Crippen LogP contribution in [0.2, 0.25) is 0 Å². The highest BCUT2D eigenvalue weighted by atomic mass is 16.5. The van der Waals surface area contributed by atoms with Crippen molar-refractivity contribution in [3.05, 3.63) is 102 Å². The number of rotatable bonds is 5. The van der Waals surface area contributed by atoms with Crippen molar-refractivity contribution in [2.45, 2.75) is 51.4 Å². The lowest BCUT2D eigenvalue weighted by Gasteiger charge is -2.42. The second-order valence-corrected chi connectivity index (χ2v) is 11.4. The van der Waals surface area contributed by atoms with E-state index in [4.69, 9.17) is 4.74 Å². The summed E-state index contributed by atoms with van der Waals surface area (Å²) in [5.41, 5.74) is 9.65. The lowest BCUT2D eigenvalue weighted by Crippen LogP contribution is -2.34. The van der Waals surface area contributed by atoms with Gasteiger partial charge >= 0.3 is 5.97 Å². The van der Waals surface area contributed by atoms with E-state index < -0.39 is 5.97 Å². The smallest absolute Gasteiger partial charge is 0.335 e. The zero-order chi connectivity index (χ0) is 26.4. The molecule has 3 heteroatoms. The van der Waals surface area contributed by atoms with Crippen LogP contribution in [0.5, 0.6) is 5.75 Å². The Labute approximate surface area is 219 Å². The Balaban J connectivity index is 1.75. The van der Waals surface area contributed by atoms with Gasteiger partial charge in [0.15, 0.2) is 0 Å². The Hall–Kier alpha value is -3.85. The van der Waals surface area contributed by atoms with Crippen molar-refractivity contribution in [1.82, 2.24) is 0 Å². The maximum atomic E-state index is 11.4. The van der Waals surface area contributed by atoms with Gasteiger partial charge in [-0.25, -0.2) is 4.79 Å². The fourth-order valence-electron chi connectivity index (χ4n) is 5.69. The minimum Gasteiger partial charge on any atom is -0.496 e. The highest BCUT2D eigenvalue weighted by Gasteiger charge is 2.39. The number of carboxylic acids is 1. The molecular weight excluding hydrogens is 456 g/mol. The number of hydrogen-bond acceptors (Lipinski definition) is 2. The van der Waals surface area contributed by atoms with Gasteiger partial charge in [0, 0.05) is 5.56 Å². The first-order valence-electron chi connectivity index (χ1n) is 12.9. The molecule has 0 saturated heterocycles. The van der Waals surface area contributed by atoms with Gasteiger partial charge in [0.25, 0.3) is 0 Å². The molecule has 3 nitrogen and oxygen atoms in total. The molecule has 1 N–H and O–H groups in total. The van der Waals surface area contributed by atoms with E-state index >= 15 is 0 Å². The molecule has 5 rings (SSSR count). The normalized spacial score (nSPS) is 15.6. The molecule has 4 aromatic rings. The molecule has 188 valence electrons. The van der Waals surface area contributed by atoms with Crippen LogP contribution >= 0.6 is 0 Å². The molecule has 37 heavy (non-hydrogen) atoms. The number of benzene rings is 4. The van der Waals surface area contributed by atoms with Crippen LogP contribution in [-0.4, -0.2) is 18.2 Å². The number of aromatic carboxylic acids is 1. The lowest BCUT2D eigenvalue weighted by molar-refractivity contribution is 0.0697. The predicted molar refractivity (Wildman–Crippen MR) is 152 cm³/mol. The Kier molecular flexibility index (Phi) is 6.19. The Morgan fingerprint density at radius 2 is 1.35 bits per heavy atom. The Morgan fingerprint density at radius 1 is 0.703 bits per heavy atom. The van der Waals surface area contributed by atoms with Gasteiger partial charge in [0.05, 0.1) is 12.7 Å². The first-order valence-corrected chi connectivity index (χ1v) is 12.9. The van der Waals surface area contributed by atoms with E-state index in [9.17, 15) is 9.90 Å². The minimum atomic E-state index is -0.918. The number of carboxylic acid groups (broad SMARTS) is 1. The summed E-state index contributed by atoms with van der Waals surface area (Å²) in [6.07, 6.45) is 2.25. The fourth-order valence-corrected chi connectivity index (χ4v) is 5.69. The molecule has 0 atom stereocenters. The van der Waals surface area contributed by atoms with Gasteiger partial charge in [-0.1, -0.05) is 88.4 Å². The van der Waals surface area contributed by atoms with Crippen LogP contribution in [0.1, 0.15) is 62.0 Å². The number of ether oxygens (including phenoxy) is 1. The molecule has 0 amide bonds. The van der Waals surface area contributed by atoms with E-state index in [0.29, 0.717) is 0 Å². The summed E-state index contributed by atoms with van der Waals surface area (Å²) in [6.45, 7) is 9.31. The number of hydrogen-bond donors (Lipinski definition) is 1. The summed E-state index contributed by atoms with van der Waals surface area (Å²) >= 11 is 0. The largest absolute Gasteiger partial charge is 0.496 e. The number of fused-ring (bicyclic) bond motifs is 1. The van der Waals surface area contributed by atoms with Crippen LogP contribution in [-0.2, 0) is 10.8 Å². The van der Waals surface area contributed by atoms with Crippen LogP contribution in [0.25, 0.3) is 33.4 Å². The van der Waals surface area contributed by atoms with Crippen molar-refractivity contribution in [3.8, 4) is 39.1 Å². The monoisotopic (exact) mass is 490 g/mol. The second kappa shape index (κ2) is 9.23. The van der Waals surface area contributed by atoms with E-state index in [0.717, 1.165) is 52.0 Å². The predicted octanol–water partition coefficient (Wildman–Crippen LogP) is 8.74. The van der Waals surface area contributed by atoms with Crippen molar-refractivity contribution in [1.29, 1.82) is 0 Å². The highest BCUT2D eigenvalue weighted by molar-refractivity contribution is 5.90. The van der Waals surface area contributed by atoms with Crippen molar-refractivity contribution < 1.29 is 14.6 Å². The molecule has 1 aliphatic carbocycles. The van der Waals surface area contributed by atoms with Gasteiger partial charge < -0.3 is 9.84 Å². The molecule has 0 bridgehead atoms. The summed E-state index contributed by atoms with van der Waals surface area (Å²) in [4.78, 5) is 11.4. The summed E-state index contributed by atoms with van der Waals surface area (Å²) in [7, 11) is 1.77. The van der Waals surface area contributed by atoms with Crippen molar-refractivity contribution in [3.63, 3.8) is 0 Å². The molecule has 0 radical (unpaired) electrons. The van der Waals surface area contributed by atoms with E-state index in [1.807, 2.05) is 18.2 Å². The van der Waals surface area contributed by atoms with E-state index in [2.05, 4.69) is 82.3 Å². The summed E-state index contributed by atoms with van der Waals surface area (Å²) < 4.78 is 6.04. The van der Waals surface area contributed by atoms with Crippen molar-refractivity contribution >= 4 is 5.97 Å². The quantitative estimate of drug-likeness (QED) is 0.304. The first-order chi connectivity index (χ1) is 17.6. The third-order valence-electron chi connectivity index (χ3n) is 7.98. The summed E-state index contributed by atoms with van der Waals surface area (Å²) in [6, 6.07) is 28.6. The highest BCUT2D eigenvalue weighted by Crippen LogP contribution is 2.51. The van der Waals surface area contributed by atoms with Crippen molar-refractivity contribution in [2.24, 2.45) is 0 Å². The molecule has 0 fully saturated rings. The summed E-state index contributed by atoms with van der Waals surface area (Å²) in [5, 5.41) is 9.31. The zero-order valence-electron chi connectivity index (χ0n) is 22.3. The fraction of sp³-hybridized carbons (Fsp3) is 0.265. The van der Waals surface area contributed by atoms with Crippen LogP contribution in [0.4, 0.5) is 0 Å². The van der Waals surface area contributed by atoms with E-state index in [1.165, 1.54) is 11.1 Å². The topological polar surface area (TPSA) is 46.5 Å². The first kappa shape index (κ1) is 24.8. The van der Waals surface area contributed by atoms with Gasteiger partial charge in [-0.3, -0.25) is 0 Å². The molecule has 1 aliphatic rings. The molecule has 0 unspecified atom stereocenters. The Bertz CT molecular complexity index is 1460. The van der Waals surface area contributed by atoms with Gasteiger partial charge in [0.1, 0.15) is 5.75 Å². The maximum absolute atomic E-state index is 11.4. The van der Waals surface area contributed by atoms with Crippen LogP contribution in [0, 0.1) is 0 Å². The molecule has 0 heterocycles. The maximum Gasteiger partial charge on any atom is 0.335 e. The third-order valence-corrected chi connectivity index (χ3v) is 7.98. The Morgan fingerprint density at radius 3 is 2.00 bits per heavy atom. The van der Waals surface area contributed by atoms with Gasteiger partial charge in [-0.2, -0.15) is 0 Å². The zero-order valence-corrected chi connectivity index (χ0v) is 22.3. The van der Waals surface area contributed by atoms with Crippen LogP contribution in [0.3, 0.4) is 0 Å². The average Bonchev–Trinajstić information content (AvgIpc) is 2.91. The van der Waals surface area contributed by atoms with Gasteiger partial charge in [-0.15, -0.1) is 0 Å². The molecule has 0 spiro atoms. The van der Waals surface area contributed by atoms with Gasteiger partial charge in [0.2, 0.25) is 0 Å². The SMILES string of the molecule is COc1cc(-c2cc(-c3ccc(C(=O)O)cc3)ccc2-c2ccccc2)cc2c1C(C)(C)CCC2(C)C.